The molecule has 2 N–H and O–H groups in total. The SMILES string of the molecule is C=C(OCC)C1NCCN1. The zero-order chi connectivity index (χ0) is 7.40. The van der Waals surface area contributed by atoms with Crippen LogP contribution in [0.5, 0.6) is 0 Å². The van der Waals surface area contributed by atoms with Gasteiger partial charge in [0.05, 0.1) is 6.61 Å². The second kappa shape index (κ2) is 3.58. The van der Waals surface area contributed by atoms with Crippen LogP contribution in [0.15, 0.2) is 12.3 Å². The van der Waals surface area contributed by atoms with E-state index in [0.29, 0.717) is 6.61 Å². The molecule has 1 aliphatic heterocycles. The standard InChI is InChI=1S/C7H14N2O/c1-3-10-6(2)7-8-4-5-9-7/h7-9H,2-5H2,1H3. The Morgan fingerprint density at radius 2 is 2.20 bits per heavy atom. The topological polar surface area (TPSA) is 33.3 Å². The van der Waals surface area contributed by atoms with Crippen LogP contribution >= 0.6 is 0 Å². The Bertz CT molecular complexity index is 119. The highest BCUT2D eigenvalue weighted by Gasteiger charge is 2.16. The molecule has 0 aromatic carbocycles. The lowest BCUT2D eigenvalue weighted by atomic mass is 10.4. The van der Waals surface area contributed by atoms with Gasteiger partial charge in [0.25, 0.3) is 0 Å². The van der Waals surface area contributed by atoms with Crippen molar-refractivity contribution in [3.63, 3.8) is 0 Å². The van der Waals surface area contributed by atoms with Crippen molar-refractivity contribution in [2.24, 2.45) is 0 Å². The first-order chi connectivity index (χ1) is 4.84. The first kappa shape index (κ1) is 7.57. The molecule has 1 saturated heterocycles. The van der Waals surface area contributed by atoms with Crippen molar-refractivity contribution < 1.29 is 4.74 Å². The van der Waals surface area contributed by atoms with Gasteiger partial charge < -0.3 is 4.74 Å². The van der Waals surface area contributed by atoms with E-state index in [0.717, 1.165) is 18.8 Å². The van der Waals surface area contributed by atoms with Gasteiger partial charge in [-0.2, -0.15) is 0 Å². The average molecular weight is 142 g/mol. The van der Waals surface area contributed by atoms with Crippen LogP contribution in [-0.4, -0.2) is 25.9 Å². The summed E-state index contributed by atoms with van der Waals surface area (Å²) in [5.41, 5.74) is 0. The summed E-state index contributed by atoms with van der Waals surface area (Å²) in [6.07, 6.45) is 0.167. The highest BCUT2D eigenvalue weighted by molar-refractivity contribution is 4.97. The van der Waals surface area contributed by atoms with Crippen LogP contribution in [0.2, 0.25) is 0 Å². The van der Waals surface area contributed by atoms with Gasteiger partial charge >= 0.3 is 0 Å². The third-order valence-electron chi connectivity index (χ3n) is 1.47. The van der Waals surface area contributed by atoms with E-state index in [2.05, 4.69) is 17.2 Å². The highest BCUT2D eigenvalue weighted by Crippen LogP contribution is 2.00. The van der Waals surface area contributed by atoms with Crippen molar-refractivity contribution in [2.75, 3.05) is 19.7 Å². The van der Waals surface area contributed by atoms with E-state index in [1.807, 2.05) is 6.92 Å². The number of ether oxygens (including phenoxy) is 1. The van der Waals surface area contributed by atoms with E-state index < -0.39 is 0 Å². The molecule has 0 aromatic heterocycles. The minimum Gasteiger partial charge on any atom is -0.496 e. The van der Waals surface area contributed by atoms with Crippen LogP contribution in [0.25, 0.3) is 0 Å². The van der Waals surface area contributed by atoms with E-state index >= 15 is 0 Å². The minimum absolute atomic E-state index is 0.167. The van der Waals surface area contributed by atoms with E-state index in [1.54, 1.807) is 0 Å². The van der Waals surface area contributed by atoms with Gasteiger partial charge in [-0.25, -0.2) is 0 Å². The molecule has 1 rings (SSSR count). The average Bonchev–Trinajstić information content (AvgIpc) is 2.38. The molecule has 10 heavy (non-hydrogen) atoms. The molecule has 0 radical (unpaired) electrons. The lowest BCUT2D eigenvalue weighted by Crippen LogP contribution is -2.33. The molecule has 3 heteroatoms. The third kappa shape index (κ3) is 1.72. The predicted molar refractivity (Wildman–Crippen MR) is 40.6 cm³/mol. The number of rotatable bonds is 3. The van der Waals surface area contributed by atoms with Crippen LogP contribution in [-0.2, 0) is 4.74 Å². The largest absolute Gasteiger partial charge is 0.496 e. The lowest BCUT2D eigenvalue weighted by Gasteiger charge is -2.13. The first-order valence-electron chi connectivity index (χ1n) is 3.63. The quantitative estimate of drug-likeness (QED) is 0.546. The van der Waals surface area contributed by atoms with Gasteiger partial charge in [0.2, 0.25) is 0 Å². The van der Waals surface area contributed by atoms with Crippen molar-refractivity contribution in [1.29, 1.82) is 0 Å². The first-order valence-corrected chi connectivity index (χ1v) is 3.63. The van der Waals surface area contributed by atoms with Crippen molar-refractivity contribution in [3.05, 3.63) is 12.3 Å². The molecule has 58 valence electrons. The fourth-order valence-electron chi connectivity index (χ4n) is 1.00. The van der Waals surface area contributed by atoms with Gasteiger partial charge in [0.15, 0.2) is 0 Å². The maximum Gasteiger partial charge on any atom is 0.120 e. The molecular weight excluding hydrogens is 128 g/mol. The molecule has 1 fully saturated rings. The number of hydrogen-bond donors (Lipinski definition) is 2. The zero-order valence-corrected chi connectivity index (χ0v) is 6.31. The van der Waals surface area contributed by atoms with E-state index in [1.165, 1.54) is 0 Å². The molecule has 1 aliphatic rings. The maximum absolute atomic E-state index is 5.21. The zero-order valence-electron chi connectivity index (χ0n) is 6.31. The van der Waals surface area contributed by atoms with Gasteiger partial charge in [0.1, 0.15) is 11.9 Å². The van der Waals surface area contributed by atoms with Gasteiger partial charge in [-0.05, 0) is 6.92 Å². The molecule has 0 aliphatic carbocycles. The van der Waals surface area contributed by atoms with Crippen molar-refractivity contribution in [2.45, 2.75) is 13.1 Å². The summed E-state index contributed by atoms with van der Waals surface area (Å²) in [5, 5.41) is 6.41. The second-order valence-electron chi connectivity index (χ2n) is 2.24. The Balaban J connectivity index is 2.25. The summed E-state index contributed by atoms with van der Waals surface area (Å²) in [6.45, 7) is 8.42. The van der Waals surface area contributed by atoms with Crippen LogP contribution in [0.3, 0.4) is 0 Å². The molecule has 0 unspecified atom stereocenters. The van der Waals surface area contributed by atoms with Gasteiger partial charge in [-0.1, -0.05) is 6.58 Å². The number of nitrogens with one attached hydrogen (secondary N) is 2. The van der Waals surface area contributed by atoms with Crippen molar-refractivity contribution in [1.82, 2.24) is 10.6 Å². The molecule has 0 amide bonds. The second-order valence-corrected chi connectivity index (χ2v) is 2.24. The lowest BCUT2D eigenvalue weighted by molar-refractivity contribution is 0.201. The van der Waals surface area contributed by atoms with Gasteiger partial charge in [-0.3, -0.25) is 10.6 Å². The highest BCUT2D eigenvalue weighted by atomic mass is 16.5. The van der Waals surface area contributed by atoms with Crippen LogP contribution < -0.4 is 10.6 Å². The Morgan fingerprint density at radius 1 is 1.60 bits per heavy atom. The summed E-state index contributed by atoms with van der Waals surface area (Å²) in [4.78, 5) is 0. The Labute approximate surface area is 61.4 Å². The molecule has 0 aromatic rings. The molecular formula is C7H14N2O. The van der Waals surface area contributed by atoms with Gasteiger partial charge in [0, 0.05) is 13.1 Å². The van der Waals surface area contributed by atoms with Gasteiger partial charge in [-0.15, -0.1) is 0 Å². The maximum atomic E-state index is 5.21. The molecule has 1 heterocycles. The van der Waals surface area contributed by atoms with E-state index in [-0.39, 0.29) is 6.17 Å². The smallest absolute Gasteiger partial charge is 0.120 e. The molecule has 0 bridgehead atoms. The third-order valence-corrected chi connectivity index (χ3v) is 1.47. The fourth-order valence-corrected chi connectivity index (χ4v) is 1.00. The van der Waals surface area contributed by atoms with Crippen LogP contribution in [0.4, 0.5) is 0 Å². The van der Waals surface area contributed by atoms with Crippen molar-refractivity contribution >= 4 is 0 Å². The van der Waals surface area contributed by atoms with Crippen LogP contribution in [0, 0.1) is 0 Å². The summed E-state index contributed by atoms with van der Waals surface area (Å²) < 4.78 is 5.21. The van der Waals surface area contributed by atoms with E-state index in [9.17, 15) is 0 Å². The summed E-state index contributed by atoms with van der Waals surface area (Å²) in [7, 11) is 0. The van der Waals surface area contributed by atoms with E-state index in [4.69, 9.17) is 4.74 Å². The monoisotopic (exact) mass is 142 g/mol. The number of hydrogen-bond acceptors (Lipinski definition) is 3. The Hall–Kier alpha value is -0.540. The normalized spacial score (nSPS) is 19.3. The summed E-state index contributed by atoms with van der Waals surface area (Å²) in [5.74, 6) is 0.792. The van der Waals surface area contributed by atoms with Crippen LogP contribution in [0.1, 0.15) is 6.92 Å². The summed E-state index contributed by atoms with van der Waals surface area (Å²) in [6, 6.07) is 0. The molecule has 0 spiro atoms. The molecule has 0 saturated carbocycles. The Morgan fingerprint density at radius 3 is 2.70 bits per heavy atom. The predicted octanol–water partition coefficient (Wildman–Crippen LogP) is 0.0555. The molecule has 3 nitrogen and oxygen atoms in total. The van der Waals surface area contributed by atoms with Crippen molar-refractivity contribution in [3.8, 4) is 0 Å². The minimum atomic E-state index is 0.167. The Kier molecular flexibility index (Phi) is 2.71. The molecule has 0 atom stereocenters. The fraction of sp³-hybridized carbons (Fsp3) is 0.714. The summed E-state index contributed by atoms with van der Waals surface area (Å²) >= 11 is 0.